The van der Waals surface area contributed by atoms with Crippen LogP contribution in [0.2, 0.25) is 0 Å². The first-order chi connectivity index (χ1) is 29.3. The number of carbonyl (C=O) groups excluding carboxylic acids is 1. The normalized spacial score (nSPS) is 23.9. The highest BCUT2D eigenvalue weighted by atomic mass is 32.2. The van der Waals surface area contributed by atoms with Gasteiger partial charge in [-0.25, -0.2) is 26.5 Å². The van der Waals surface area contributed by atoms with Gasteiger partial charge < -0.3 is 21.1 Å². The van der Waals surface area contributed by atoms with E-state index in [9.17, 15) is 36.9 Å². The first kappa shape index (κ1) is 45.8. The van der Waals surface area contributed by atoms with E-state index in [1.807, 2.05) is 0 Å². The first-order valence-electron chi connectivity index (χ1n) is 21.8. The van der Waals surface area contributed by atoms with Crippen LogP contribution in [0.4, 0.5) is 17.2 Å². The van der Waals surface area contributed by atoms with Gasteiger partial charge in [-0.05, 0) is 112 Å². The number of primary amides is 1. The maximum Gasteiger partial charge on any atom is 0.312 e. The number of pyridine rings is 1. The molecule has 4 fully saturated rings. The minimum Gasteiger partial charge on any atom is -0.390 e. The van der Waals surface area contributed by atoms with Crippen molar-refractivity contribution >= 4 is 43.0 Å². The van der Waals surface area contributed by atoms with Gasteiger partial charge in [-0.1, -0.05) is 38.1 Å². The van der Waals surface area contributed by atoms with E-state index in [-0.39, 0.29) is 39.4 Å². The molecule has 338 valence electrons. The van der Waals surface area contributed by atoms with E-state index in [1.165, 1.54) is 30.3 Å². The Morgan fingerprint density at radius 3 is 2.35 bits per heavy atom. The minimum atomic E-state index is -4.48. The summed E-state index contributed by atoms with van der Waals surface area (Å²) in [5, 5.41) is 25.5. The number of anilines is 2. The fourth-order valence-electron chi connectivity index (χ4n) is 10.1. The van der Waals surface area contributed by atoms with Crippen LogP contribution < -0.4 is 20.7 Å². The van der Waals surface area contributed by atoms with Crippen molar-refractivity contribution in [1.29, 1.82) is 0 Å². The average Bonchev–Trinajstić information content (AvgIpc) is 3.24. The molecule has 7 rings (SSSR count). The van der Waals surface area contributed by atoms with Crippen LogP contribution in [0.5, 0.6) is 0 Å². The number of nitrogens with one attached hydrogen (secondary N) is 2. The number of piperazine rings is 1. The van der Waals surface area contributed by atoms with Crippen molar-refractivity contribution in [3.8, 4) is 0 Å². The molecule has 2 saturated carbocycles. The van der Waals surface area contributed by atoms with Crippen LogP contribution in [0.3, 0.4) is 0 Å². The Bertz CT molecular complexity index is 2350. The number of aromatic nitrogens is 1. The smallest absolute Gasteiger partial charge is 0.312 e. The number of amides is 1. The molecule has 0 unspecified atom stereocenters. The molecule has 2 aliphatic heterocycles. The molecule has 18 heteroatoms. The number of nitro groups is 1. The predicted molar refractivity (Wildman–Crippen MR) is 239 cm³/mol. The highest BCUT2D eigenvalue weighted by molar-refractivity contribution is 7.91. The summed E-state index contributed by atoms with van der Waals surface area (Å²) in [6.07, 6.45) is 7.69. The van der Waals surface area contributed by atoms with Gasteiger partial charge in [0, 0.05) is 75.8 Å². The van der Waals surface area contributed by atoms with Crippen molar-refractivity contribution in [3.63, 3.8) is 0 Å². The fraction of sp³-hybridized carbons (Fsp3) is 0.591. The lowest BCUT2D eigenvalue weighted by molar-refractivity contribution is -0.384. The number of sulfonamides is 1. The maximum absolute atomic E-state index is 14.2. The molecule has 1 amide bonds. The summed E-state index contributed by atoms with van der Waals surface area (Å²) in [7, 11) is -6.35. The van der Waals surface area contributed by atoms with Crippen molar-refractivity contribution in [2.45, 2.75) is 106 Å². The molecule has 0 bridgehead atoms. The first-order valence-corrected chi connectivity index (χ1v) is 25.0. The number of nitrogens with two attached hydrogens (primary N) is 1. The summed E-state index contributed by atoms with van der Waals surface area (Å²) < 4.78 is 55.5. The molecule has 5 N–H and O–H groups in total. The second kappa shape index (κ2) is 18.1. The lowest BCUT2D eigenvalue weighted by atomic mass is 9.59. The summed E-state index contributed by atoms with van der Waals surface area (Å²) in [5.41, 5.74) is 7.64. The minimum absolute atomic E-state index is 0.0494. The van der Waals surface area contributed by atoms with Crippen LogP contribution in [-0.4, -0.2) is 118 Å². The summed E-state index contributed by atoms with van der Waals surface area (Å²) in [6, 6.07) is 14.7. The predicted octanol–water partition coefficient (Wildman–Crippen LogP) is 5.06. The molecule has 62 heavy (non-hydrogen) atoms. The van der Waals surface area contributed by atoms with Crippen molar-refractivity contribution in [2.75, 3.05) is 68.8 Å². The Labute approximate surface area is 365 Å². The van der Waals surface area contributed by atoms with Crippen LogP contribution in [0.25, 0.3) is 0 Å². The van der Waals surface area contributed by atoms with E-state index < -0.39 is 46.9 Å². The number of aliphatic hydroxyl groups is 1. The van der Waals surface area contributed by atoms with Gasteiger partial charge in [0.15, 0.2) is 0 Å². The Morgan fingerprint density at radius 1 is 1.02 bits per heavy atom. The largest absolute Gasteiger partial charge is 0.390 e. The summed E-state index contributed by atoms with van der Waals surface area (Å²) in [5.74, 6) is -0.409. The van der Waals surface area contributed by atoms with Crippen LogP contribution in [0.15, 0.2) is 64.5 Å². The van der Waals surface area contributed by atoms with Crippen molar-refractivity contribution in [2.24, 2.45) is 17.1 Å². The lowest BCUT2D eigenvalue weighted by Gasteiger charge is -2.58. The van der Waals surface area contributed by atoms with Gasteiger partial charge in [-0.2, -0.15) is 0 Å². The van der Waals surface area contributed by atoms with Crippen molar-refractivity contribution in [1.82, 2.24) is 19.5 Å². The van der Waals surface area contributed by atoms with Gasteiger partial charge in [0.05, 0.1) is 31.6 Å². The molecular formula is C44H62N8O8S2. The molecule has 2 saturated heterocycles. The highest BCUT2D eigenvalue weighted by Crippen LogP contribution is 2.53. The van der Waals surface area contributed by atoms with Crippen molar-refractivity contribution < 1.29 is 31.7 Å². The molecule has 2 aliphatic carbocycles. The second-order valence-electron chi connectivity index (χ2n) is 18.6. The third kappa shape index (κ3) is 9.95. The van der Waals surface area contributed by atoms with E-state index in [0.29, 0.717) is 56.7 Å². The van der Waals surface area contributed by atoms with Crippen molar-refractivity contribution in [3.05, 3.63) is 81.5 Å². The second-order valence-corrected chi connectivity index (χ2v) is 22.5. The van der Waals surface area contributed by atoms with Gasteiger partial charge in [0.1, 0.15) is 0 Å². The van der Waals surface area contributed by atoms with Gasteiger partial charge in [0.25, 0.3) is 0 Å². The fourth-order valence-corrected chi connectivity index (χ4v) is 12.3. The Hall–Kier alpha value is -4.20. The molecule has 1 spiro atoms. The van der Waals surface area contributed by atoms with E-state index >= 15 is 0 Å². The van der Waals surface area contributed by atoms with E-state index in [2.05, 4.69) is 67.8 Å². The summed E-state index contributed by atoms with van der Waals surface area (Å²) in [6.45, 7) is 10.8. The van der Waals surface area contributed by atoms with E-state index in [4.69, 9.17) is 5.73 Å². The number of benzene rings is 2. The third-order valence-corrected chi connectivity index (χ3v) is 17.2. The number of hydrogen-bond donors (Lipinski definition) is 4. The number of rotatable bonds is 15. The van der Waals surface area contributed by atoms with Gasteiger partial charge in [-0.3, -0.25) is 24.7 Å². The Kier molecular flexibility index (Phi) is 13.4. The van der Waals surface area contributed by atoms with E-state index in [1.54, 1.807) is 13.0 Å². The molecule has 4 aliphatic rings. The third-order valence-electron chi connectivity index (χ3n) is 14.1. The molecule has 1 aromatic heterocycles. The van der Waals surface area contributed by atoms with Gasteiger partial charge in [0.2, 0.25) is 31.6 Å². The van der Waals surface area contributed by atoms with Gasteiger partial charge >= 0.3 is 5.69 Å². The quantitative estimate of drug-likeness (QED) is 0.116. The number of sulfone groups is 1. The number of carbonyl (C=O) groups is 1. The molecule has 16 nitrogen and oxygen atoms in total. The topological polar surface area (TPSA) is 221 Å². The van der Waals surface area contributed by atoms with Gasteiger partial charge in [-0.15, -0.1) is 0 Å². The van der Waals surface area contributed by atoms with E-state index in [0.717, 1.165) is 70.4 Å². The Balaban J connectivity index is 1.04. The van der Waals surface area contributed by atoms with Crippen LogP contribution in [-0.2, 0) is 19.9 Å². The van der Waals surface area contributed by atoms with Crippen LogP contribution in [0, 0.1) is 21.4 Å². The molecule has 2 aromatic carbocycles. The summed E-state index contributed by atoms with van der Waals surface area (Å²) >= 11 is 0. The lowest BCUT2D eigenvalue weighted by Crippen LogP contribution is -2.60. The SMILES string of the molecule is CNS(=O)(=O)CCN1CCN(C2CC3(CCN(c4ccc(C(N)=O)c(S(=O)(=O)c5cnc(NCC6CCC(C)(O)CC6)c([N+](=O)[O-])c5)c4)CC3)C2)[C@H](c2ccccc2C(C)C)C1. The molecule has 1 atom stereocenters. The molecule has 3 aromatic rings. The summed E-state index contributed by atoms with van der Waals surface area (Å²) in [4.78, 5) is 34.6. The van der Waals surface area contributed by atoms with Crippen LogP contribution >= 0.6 is 0 Å². The Morgan fingerprint density at radius 2 is 1.71 bits per heavy atom. The zero-order chi connectivity index (χ0) is 44.6. The zero-order valence-electron chi connectivity index (χ0n) is 36.3. The maximum atomic E-state index is 14.2. The molecule has 0 radical (unpaired) electrons. The number of hydrogen-bond acceptors (Lipinski definition) is 13. The monoisotopic (exact) mass is 894 g/mol. The number of nitrogens with zero attached hydrogens (tertiary/aromatic N) is 5. The molecule has 3 heterocycles. The molecular weight excluding hydrogens is 833 g/mol. The van der Waals surface area contributed by atoms with Crippen LogP contribution in [0.1, 0.15) is 106 Å². The number of piperidine rings is 1. The average molecular weight is 895 g/mol. The highest BCUT2D eigenvalue weighted by Gasteiger charge is 2.50. The zero-order valence-corrected chi connectivity index (χ0v) is 37.9. The standard InChI is InChI=1S/C44H62N8O8S2/c1-30(2)35-7-5-6-8-36(35)39-29-49(21-22-61(57,58)46-4)19-20-51(39)33-25-44(26-33)15-17-50(18-16-44)32-9-10-37(41(45)53)40(23-32)62(59,60)34-24-38(52(55)56)42(48-28-34)47-27-31-11-13-43(3,54)14-12-31/h5-10,23-24,28,30-31,33,39,46,54H,11-22,25-27,29H2,1-4H3,(H2,45,53)(H,47,48)/t31?,39-,43?/m0/s1.